The Morgan fingerprint density at radius 2 is 1.86 bits per heavy atom. The van der Waals surface area contributed by atoms with E-state index in [9.17, 15) is 4.79 Å². The van der Waals surface area contributed by atoms with Gasteiger partial charge in [0.05, 0.1) is 18.9 Å². The summed E-state index contributed by atoms with van der Waals surface area (Å²) in [7, 11) is 0. The molecule has 0 unspecified atom stereocenters. The number of ether oxygens (including phenoxy) is 1. The molecule has 0 N–H and O–H groups in total. The number of aromatic nitrogens is 4. The van der Waals surface area contributed by atoms with E-state index < -0.39 is 5.25 Å². The highest BCUT2D eigenvalue weighted by atomic mass is 32.2. The van der Waals surface area contributed by atoms with E-state index in [1.807, 2.05) is 55.1 Å². The average Bonchev–Trinajstić information content (AvgIpc) is 3.22. The molecule has 0 bridgehead atoms. The van der Waals surface area contributed by atoms with Gasteiger partial charge >= 0.3 is 0 Å². The van der Waals surface area contributed by atoms with E-state index in [1.165, 1.54) is 11.8 Å². The fourth-order valence-corrected chi connectivity index (χ4v) is 4.37. The van der Waals surface area contributed by atoms with Crippen LogP contribution >= 0.6 is 11.8 Å². The van der Waals surface area contributed by atoms with Crippen LogP contribution in [0.2, 0.25) is 0 Å². The van der Waals surface area contributed by atoms with Crippen molar-refractivity contribution in [3.8, 4) is 5.69 Å². The molecule has 2 aromatic carbocycles. The van der Waals surface area contributed by atoms with E-state index in [4.69, 9.17) is 4.74 Å². The van der Waals surface area contributed by atoms with Crippen LogP contribution < -0.4 is 0 Å². The Morgan fingerprint density at radius 3 is 2.62 bits per heavy atom. The first-order chi connectivity index (χ1) is 14.1. The van der Waals surface area contributed by atoms with Gasteiger partial charge in [-0.3, -0.25) is 4.79 Å². The molecule has 8 heteroatoms. The van der Waals surface area contributed by atoms with Crippen LogP contribution in [-0.4, -0.2) is 57.3 Å². The molecule has 3 aromatic rings. The Hall–Kier alpha value is -2.71. The summed E-state index contributed by atoms with van der Waals surface area (Å²) in [6.45, 7) is 6.40. The summed E-state index contributed by atoms with van der Waals surface area (Å²) in [4.78, 5) is 15.2. The minimum absolute atomic E-state index is 0.0556. The zero-order valence-corrected chi connectivity index (χ0v) is 17.3. The molecule has 4 rings (SSSR count). The van der Waals surface area contributed by atoms with Gasteiger partial charge in [0.15, 0.2) is 0 Å². The third-order valence-electron chi connectivity index (χ3n) is 4.91. The van der Waals surface area contributed by atoms with Crippen molar-refractivity contribution in [2.45, 2.75) is 24.3 Å². The minimum Gasteiger partial charge on any atom is -0.378 e. The normalized spacial score (nSPS) is 15.3. The number of amides is 1. The number of hydrogen-bond donors (Lipinski definition) is 0. The van der Waals surface area contributed by atoms with Crippen molar-refractivity contribution in [1.82, 2.24) is 25.1 Å². The van der Waals surface area contributed by atoms with Gasteiger partial charge in [0.2, 0.25) is 11.1 Å². The summed E-state index contributed by atoms with van der Waals surface area (Å²) >= 11 is 1.38. The van der Waals surface area contributed by atoms with E-state index in [1.54, 1.807) is 4.68 Å². The lowest BCUT2D eigenvalue weighted by atomic mass is 10.1. The molecule has 1 atom stereocenters. The third kappa shape index (κ3) is 4.33. The van der Waals surface area contributed by atoms with Crippen molar-refractivity contribution in [3.63, 3.8) is 0 Å². The highest BCUT2D eigenvalue weighted by Gasteiger charge is 2.30. The van der Waals surface area contributed by atoms with E-state index in [0.717, 1.165) is 22.4 Å². The van der Waals surface area contributed by atoms with Crippen LogP contribution in [0.15, 0.2) is 53.7 Å². The summed E-state index contributed by atoms with van der Waals surface area (Å²) in [5.74, 6) is 0.0556. The Morgan fingerprint density at radius 1 is 1.10 bits per heavy atom. The molecule has 1 aliphatic rings. The Bertz CT molecular complexity index is 986. The number of hydrogen-bond acceptors (Lipinski definition) is 6. The average molecular weight is 410 g/mol. The molecule has 1 fully saturated rings. The van der Waals surface area contributed by atoms with Crippen LogP contribution in [0.3, 0.4) is 0 Å². The molecule has 1 aliphatic heterocycles. The fourth-order valence-electron chi connectivity index (χ4n) is 3.30. The largest absolute Gasteiger partial charge is 0.378 e. The predicted molar refractivity (Wildman–Crippen MR) is 111 cm³/mol. The lowest BCUT2D eigenvalue weighted by molar-refractivity contribution is -0.134. The molecule has 0 saturated carbocycles. The molecule has 29 heavy (non-hydrogen) atoms. The summed E-state index contributed by atoms with van der Waals surface area (Å²) < 4.78 is 7.12. The summed E-state index contributed by atoms with van der Waals surface area (Å²) in [6, 6.07) is 16.0. The number of morpholine rings is 1. The second-order valence-corrected chi connectivity index (χ2v) is 8.08. The maximum Gasteiger partial charge on any atom is 0.240 e. The van der Waals surface area contributed by atoms with Crippen molar-refractivity contribution in [1.29, 1.82) is 0 Å². The highest BCUT2D eigenvalue weighted by molar-refractivity contribution is 8.00. The maximum atomic E-state index is 13.4. The summed E-state index contributed by atoms with van der Waals surface area (Å²) in [5, 5.41) is 12.5. The van der Waals surface area contributed by atoms with Crippen LogP contribution in [-0.2, 0) is 9.53 Å². The molecule has 1 amide bonds. The van der Waals surface area contributed by atoms with E-state index in [-0.39, 0.29) is 5.91 Å². The first kappa shape index (κ1) is 19.6. The number of thioether (sulfide) groups is 1. The summed E-state index contributed by atoms with van der Waals surface area (Å²) in [6.07, 6.45) is 0. The summed E-state index contributed by atoms with van der Waals surface area (Å²) in [5.41, 5.74) is 4.05. The predicted octanol–water partition coefficient (Wildman–Crippen LogP) is 2.97. The molecule has 7 nitrogen and oxygen atoms in total. The number of nitrogens with zero attached hydrogens (tertiary/aromatic N) is 5. The van der Waals surface area contributed by atoms with Gasteiger partial charge < -0.3 is 9.64 Å². The maximum absolute atomic E-state index is 13.4. The van der Waals surface area contributed by atoms with Crippen molar-refractivity contribution in [2.24, 2.45) is 0 Å². The molecule has 2 heterocycles. The molecular weight excluding hydrogens is 386 g/mol. The Kier molecular flexibility index (Phi) is 5.92. The Labute approximate surface area is 174 Å². The number of rotatable bonds is 5. The second-order valence-electron chi connectivity index (χ2n) is 7.01. The molecule has 1 saturated heterocycles. The van der Waals surface area contributed by atoms with Gasteiger partial charge in [-0.1, -0.05) is 54.2 Å². The lowest BCUT2D eigenvalue weighted by Gasteiger charge is -2.30. The third-order valence-corrected chi connectivity index (χ3v) is 6.08. The van der Waals surface area contributed by atoms with Gasteiger partial charge in [0.1, 0.15) is 5.25 Å². The molecule has 1 aromatic heterocycles. The quantitative estimate of drug-likeness (QED) is 0.603. The second kappa shape index (κ2) is 8.75. The van der Waals surface area contributed by atoms with Crippen LogP contribution in [0.25, 0.3) is 5.69 Å². The number of carbonyl (C=O) groups is 1. The molecule has 0 spiro atoms. The zero-order valence-electron chi connectivity index (χ0n) is 16.5. The smallest absolute Gasteiger partial charge is 0.240 e. The van der Waals surface area contributed by atoms with E-state index >= 15 is 0 Å². The van der Waals surface area contributed by atoms with Crippen molar-refractivity contribution < 1.29 is 9.53 Å². The van der Waals surface area contributed by atoms with Gasteiger partial charge in [-0.25, -0.2) is 0 Å². The fraction of sp³-hybridized carbons (Fsp3) is 0.333. The van der Waals surface area contributed by atoms with Gasteiger partial charge in [-0.15, -0.1) is 5.10 Å². The monoisotopic (exact) mass is 409 g/mol. The van der Waals surface area contributed by atoms with E-state index in [2.05, 4.69) is 27.7 Å². The number of benzene rings is 2. The zero-order chi connectivity index (χ0) is 20.2. The SMILES string of the molecule is Cc1ccc(C)c(-n2nnnc2S[C@H](C(=O)N2CCOCC2)c2ccccc2)c1. The topological polar surface area (TPSA) is 73.1 Å². The molecular formula is C21H23N5O2S. The van der Waals surface area contributed by atoms with Crippen molar-refractivity contribution >= 4 is 17.7 Å². The van der Waals surface area contributed by atoms with Crippen LogP contribution in [0, 0.1) is 13.8 Å². The number of tetrazole rings is 1. The van der Waals surface area contributed by atoms with Crippen LogP contribution in [0.5, 0.6) is 0 Å². The minimum atomic E-state index is -0.427. The first-order valence-corrected chi connectivity index (χ1v) is 10.5. The standard InChI is InChI=1S/C21H23N5O2S/c1-15-8-9-16(2)18(14-15)26-21(22-23-24-26)29-19(17-6-4-3-5-7-17)20(27)25-10-12-28-13-11-25/h3-9,14,19H,10-13H2,1-2H3/t19-/m0/s1. The van der Waals surface area contributed by atoms with Gasteiger partial charge in [-0.2, -0.15) is 4.68 Å². The molecule has 0 aliphatic carbocycles. The molecule has 150 valence electrons. The van der Waals surface area contributed by atoms with Crippen molar-refractivity contribution in [3.05, 3.63) is 65.2 Å². The van der Waals surface area contributed by atoms with Crippen LogP contribution in [0.1, 0.15) is 21.9 Å². The van der Waals surface area contributed by atoms with E-state index in [0.29, 0.717) is 31.5 Å². The Balaban J connectivity index is 1.68. The highest BCUT2D eigenvalue weighted by Crippen LogP contribution is 2.36. The lowest BCUT2D eigenvalue weighted by Crippen LogP contribution is -2.42. The van der Waals surface area contributed by atoms with Crippen molar-refractivity contribution in [2.75, 3.05) is 26.3 Å². The van der Waals surface area contributed by atoms with Gasteiger partial charge in [0.25, 0.3) is 0 Å². The number of carbonyl (C=O) groups excluding carboxylic acids is 1. The number of aryl methyl sites for hydroxylation is 2. The van der Waals surface area contributed by atoms with Gasteiger partial charge in [0, 0.05) is 13.1 Å². The molecule has 0 radical (unpaired) electrons. The van der Waals surface area contributed by atoms with Crippen LogP contribution in [0.4, 0.5) is 0 Å². The van der Waals surface area contributed by atoms with Gasteiger partial charge in [-0.05, 0) is 47.0 Å². The first-order valence-electron chi connectivity index (χ1n) is 9.57.